The highest BCUT2D eigenvalue weighted by Gasteiger charge is 2.13. The summed E-state index contributed by atoms with van der Waals surface area (Å²) in [6.07, 6.45) is 0. The molecule has 1 N–H and O–H groups in total. The highest BCUT2D eigenvalue weighted by molar-refractivity contribution is 9.10. The molecule has 2 aromatic carbocycles. The zero-order valence-electron chi connectivity index (χ0n) is 12.2. The zero-order valence-corrected chi connectivity index (χ0v) is 13.8. The Hall–Kier alpha value is -2.74. The SMILES string of the molecule is O=C(Cn1nc(-c2ccc(F)cc2)oc1=O)Nc1cccc(Br)c1. The van der Waals surface area contributed by atoms with Gasteiger partial charge in [0, 0.05) is 15.7 Å². The van der Waals surface area contributed by atoms with Gasteiger partial charge in [0.25, 0.3) is 0 Å². The van der Waals surface area contributed by atoms with E-state index >= 15 is 0 Å². The van der Waals surface area contributed by atoms with Gasteiger partial charge < -0.3 is 9.73 Å². The van der Waals surface area contributed by atoms with Gasteiger partial charge in [0.2, 0.25) is 11.8 Å². The molecule has 0 bridgehead atoms. The third kappa shape index (κ3) is 3.77. The van der Waals surface area contributed by atoms with Gasteiger partial charge in [-0.2, -0.15) is 4.68 Å². The molecule has 0 saturated heterocycles. The molecular formula is C16H11BrFN3O3. The lowest BCUT2D eigenvalue weighted by atomic mass is 10.2. The number of carbonyl (C=O) groups excluding carboxylic acids is 1. The number of aromatic nitrogens is 2. The normalized spacial score (nSPS) is 10.6. The number of hydrogen-bond acceptors (Lipinski definition) is 4. The fourth-order valence-electron chi connectivity index (χ4n) is 2.02. The number of hydrogen-bond donors (Lipinski definition) is 1. The lowest BCUT2D eigenvalue weighted by Gasteiger charge is -2.04. The number of nitrogens with zero attached hydrogens (tertiary/aromatic N) is 2. The van der Waals surface area contributed by atoms with E-state index in [1.54, 1.807) is 18.2 Å². The second-order valence-electron chi connectivity index (χ2n) is 4.90. The van der Waals surface area contributed by atoms with E-state index in [0.717, 1.165) is 9.15 Å². The van der Waals surface area contributed by atoms with Crippen LogP contribution in [0, 0.1) is 5.82 Å². The first-order valence-corrected chi connectivity index (χ1v) is 7.70. The molecule has 0 fully saturated rings. The van der Waals surface area contributed by atoms with Crippen molar-refractivity contribution in [2.75, 3.05) is 5.32 Å². The number of carbonyl (C=O) groups is 1. The van der Waals surface area contributed by atoms with Crippen LogP contribution in [0.4, 0.5) is 10.1 Å². The molecular weight excluding hydrogens is 381 g/mol. The average Bonchev–Trinajstić information content (AvgIpc) is 2.89. The molecule has 3 rings (SSSR count). The first-order chi connectivity index (χ1) is 11.5. The van der Waals surface area contributed by atoms with Gasteiger partial charge in [-0.15, -0.1) is 5.10 Å². The van der Waals surface area contributed by atoms with Gasteiger partial charge in [0.1, 0.15) is 12.4 Å². The van der Waals surface area contributed by atoms with Crippen molar-refractivity contribution in [1.29, 1.82) is 0 Å². The Balaban J connectivity index is 1.74. The molecule has 1 amide bonds. The molecule has 0 aliphatic carbocycles. The van der Waals surface area contributed by atoms with Crippen molar-refractivity contribution in [3.8, 4) is 11.5 Å². The van der Waals surface area contributed by atoms with E-state index in [0.29, 0.717) is 11.3 Å². The summed E-state index contributed by atoms with van der Waals surface area (Å²) in [5, 5.41) is 6.61. The minimum Gasteiger partial charge on any atom is -0.388 e. The third-order valence-electron chi connectivity index (χ3n) is 3.10. The van der Waals surface area contributed by atoms with Crippen molar-refractivity contribution in [3.05, 3.63) is 69.4 Å². The van der Waals surface area contributed by atoms with Crippen LogP contribution in [0.5, 0.6) is 0 Å². The highest BCUT2D eigenvalue weighted by Crippen LogP contribution is 2.17. The quantitative estimate of drug-likeness (QED) is 0.741. The van der Waals surface area contributed by atoms with Gasteiger partial charge >= 0.3 is 5.76 Å². The third-order valence-corrected chi connectivity index (χ3v) is 3.59. The molecule has 0 aliphatic rings. The van der Waals surface area contributed by atoms with Gasteiger partial charge in [0.15, 0.2) is 0 Å². The number of halogens is 2. The average molecular weight is 392 g/mol. The molecule has 3 aromatic rings. The molecule has 0 spiro atoms. The maximum atomic E-state index is 12.9. The van der Waals surface area contributed by atoms with E-state index in [1.807, 2.05) is 6.07 Å². The minimum absolute atomic E-state index is 0.0234. The summed E-state index contributed by atoms with van der Waals surface area (Å²) in [6, 6.07) is 12.4. The van der Waals surface area contributed by atoms with E-state index in [4.69, 9.17) is 4.42 Å². The molecule has 0 saturated carbocycles. The summed E-state index contributed by atoms with van der Waals surface area (Å²) in [6.45, 7) is -0.296. The Morgan fingerprint density at radius 3 is 2.71 bits per heavy atom. The van der Waals surface area contributed by atoms with Crippen LogP contribution in [0.2, 0.25) is 0 Å². The van der Waals surface area contributed by atoms with E-state index in [9.17, 15) is 14.0 Å². The van der Waals surface area contributed by atoms with E-state index < -0.39 is 17.5 Å². The van der Waals surface area contributed by atoms with Crippen LogP contribution in [0.1, 0.15) is 0 Å². The first-order valence-electron chi connectivity index (χ1n) is 6.90. The Bertz CT molecular complexity index is 934. The van der Waals surface area contributed by atoms with Gasteiger partial charge in [0.05, 0.1) is 0 Å². The van der Waals surface area contributed by atoms with Crippen LogP contribution >= 0.6 is 15.9 Å². The fraction of sp³-hybridized carbons (Fsp3) is 0.0625. The van der Waals surface area contributed by atoms with Crippen molar-refractivity contribution >= 4 is 27.5 Å². The van der Waals surface area contributed by atoms with Gasteiger partial charge in [-0.3, -0.25) is 4.79 Å². The van der Waals surface area contributed by atoms with Crippen molar-refractivity contribution in [2.24, 2.45) is 0 Å². The molecule has 8 heteroatoms. The van der Waals surface area contributed by atoms with Gasteiger partial charge in [-0.05, 0) is 42.5 Å². The number of rotatable bonds is 4. The molecule has 0 aliphatic heterocycles. The molecule has 0 atom stereocenters. The van der Waals surface area contributed by atoms with Crippen LogP contribution in [0.25, 0.3) is 11.5 Å². The maximum absolute atomic E-state index is 12.9. The van der Waals surface area contributed by atoms with Crippen molar-refractivity contribution in [3.63, 3.8) is 0 Å². The van der Waals surface area contributed by atoms with Crippen molar-refractivity contribution in [1.82, 2.24) is 9.78 Å². The summed E-state index contributed by atoms with van der Waals surface area (Å²) >= 11 is 3.30. The maximum Gasteiger partial charge on any atom is 0.437 e. The van der Waals surface area contributed by atoms with E-state index in [1.165, 1.54) is 24.3 Å². The number of benzene rings is 2. The fourth-order valence-corrected chi connectivity index (χ4v) is 2.42. The smallest absolute Gasteiger partial charge is 0.388 e. The minimum atomic E-state index is -0.765. The van der Waals surface area contributed by atoms with E-state index in [2.05, 4.69) is 26.3 Å². The Labute approximate surface area is 144 Å². The lowest BCUT2D eigenvalue weighted by molar-refractivity contribution is -0.117. The van der Waals surface area contributed by atoms with Crippen LogP contribution in [-0.4, -0.2) is 15.7 Å². The Morgan fingerprint density at radius 1 is 1.25 bits per heavy atom. The van der Waals surface area contributed by atoms with E-state index in [-0.39, 0.29) is 12.4 Å². The zero-order chi connectivity index (χ0) is 17.1. The number of amides is 1. The topological polar surface area (TPSA) is 77.1 Å². The lowest BCUT2D eigenvalue weighted by Crippen LogP contribution is -2.25. The molecule has 6 nitrogen and oxygen atoms in total. The highest BCUT2D eigenvalue weighted by atomic mass is 79.9. The van der Waals surface area contributed by atoms with Crippen LogP contribution in [0.3, 0.4) is 0 Å². The summed E-state index contributed by atoms with van der Waals surface area (Å²) < 4.78 is 19.6. The molecule has 1 heterocycles. The molecule has 24 heavy (non-hydrogen) atoms. The first kappa shape index (κ1) is 16.1. The summed E-state index contributed by atoms with van der Waals surface area (Å²) in [5.74, 6) is -1.57. The van der Waals surface area contributed by atoms with Crippen LogP contribution < -0.4 is 11.1 Å². The second kappa shape index (κ2) is 6.79. The number of nitrogens with one attached hydrogen (secondary N) is 1. The predicted octanol–water partition coefficient (Wildman–Crippen LogP) is 3.04. The van der Waals surface area contributed by atoms with Crippen LogP contribution in [0.15, 0.2) is 62.2 Å². The molecule has 0 radical (unpaired) electrons. The standard InChI is InChI=1S/C16H11BrFN3O3/c17-11-2-1-3-13(8-11)19-14(22)9-21-16(23)24-15(20-21)10-4-6-12(18)7-5-10/h1-8H,9H2,(H,19,22). The largest absolute Gasteiger partial charge is 0.437 e. The van der Waals surface area contributed by atoms with Crippen molar-refractivity contribution < 1.29 is 13.6 Å². The van der Waals surface area contributed by atoms with Crippen molar-refractivity contribution in [2.45, 2.75) is 6.54 Å². The van der Waals surface area contributed by atoms with Gasteiger partial charge in [-0.1, -0.05) is 22.0 Å². The summed E-state index contributed by atoms with van der Waals surface area (Å²) in [4.78, 5) is 23.8. The molecule has 122 valence electrons. The predicted molar refractivity (Wildman–Crippen MR) is 88.9 cm³/mol. The van der Waals surface area contributed by atoms with Gasteiger partial charge in [-0.25, -0.2) is 9.18 Å². The summed E-state index contributed by atoms with van der Waals surface area (Å²) in [5.41, 5.74) is 1.03. The second-order valence-corrected chi connectivity index (χ2v) is 5.81. The monoisotopic (exact) mass is 391 g/mol. The summed E-state index contributed by atoms with van der Waals surface area (Å²) in [7, 11) is 0. The molecule has 1 aromatic heterocycles. The Morgan fingerprint density at radius 2 is 2.00 bits per heavy atom. The van der Waals surface area contributed by atoms with Crippen LogP contribution in [-0.2, 0) is 11.3 Å². The number of anilines is 1. The molecule has 0 unspecified atom stereocenters. The Kier molecular flexibility index (Phi) is 4.57.